The number of nitrogens with one attached hydrogen (secondary N) is 1. The van der Waals surface area contributed by atoms with E-state index in [9.17, 15) is 4.79 Å². The maximum Gasteiger partial charge on any atom is 0.312 e. The van der Waals surface area contributed by atoms with Crippen molar-refractivity contribution in [2.45, 2.75) is 50.9 Å². The van der Waals surface area contributed by atoms with Gasteiger partial charge in [0.2, 0.25) is 0 Å². The van der Waals surface area contributed by atoms with E-state index < -0.39 is 6.03 Å². The zero-order valence-electron chi connectivity index (χ0n) is 17.9. The molecule has 1 aliphatic heterocycles. The van der Waals surface area contributed by atoms with Gasteiger partial charge in [0.1, 0.15) is 5.69 Å². The van der Waals surface area contributed by atoms with E-state index in [0.29, 0.717) is 18.4 Å². The van der Waals surface area contributed by atoms with Gasteiger partial charge in [0.25, 0.3) is 0 Å². The molecule has 2 aromatic rings. The van der Waals surface area contributed by atoms with Crippen LogP contribution in [-0.4, -0.2) is 51.7 Å². The zero-order valence-corrected chi connectivity index (χ0v) is 17.9. The van der Waals surface area contributed by atoms with Gasteiger partial charge in [0, 0.05) is 26.2 Å². The Hall–Kier alpha value is -2.45. The lowest BCUT2D eigenvalue weighted by Crippen LogP contribution is -2.38. The second-order valence-corrected chi connectivity index (χ2v) is 9.46. The van der Waals surface area contributed by atoms with E-state index in [2.05, 4.69) is 50.9 Å². The van der Waals surface area contributed by atoms with Crippen LogP contribution in [0.15, 0.2) is 36.5 Å². The number of hydrogen-bond donors (Lipinski definition) is 2. The fourth-order valence-electron chi connectivity index (χ4n) is 5.19. The fourth-order valence-corrected chi connectivity index (χ4v) is 5.19. The van der Waals surface area contributed by atoms with E-state index in [1.54, 1.807) is 0 Å². The topological polar surface area (TPSA) is 98.3 Å². The van der Waals surface area contributed by atoms with E-state index in [1.165, 1.54) is 18.4 Å². The zero-order chi connectivity index (χ0) is 21.2. The molecule has 1 saturated heterocycles. The largest absolute Gasteiger partial charge is 0.376 e. The van der Waals surface area contributed by atoms with E-state index in [-0.39, 0.29) is 12.1 Å². The molecular weight excluding hydrogens is 392 g/mol. The third-order valence-corrected chi connectivity index (χ3v) is 6.99. The molecule has 0 spiro atoms. The summed E-state index contributed by atoms with van der Waals surface area (Å²) in [5.74, 6) is 2.05. The molecular formula is C23H32N6O2. The molecule has 1 aromatic carbocycles. The van der Waals surface area contributed by atoms with Crippen LogP contribution in [0.5, 0.6) is 0 Å². The molecule has 3 fully saturated rings. The minimum atomic E-state index is -0.551. The third kappa shape index (κ3) is 5.07. The molecule has 2 aliphatic carbocycles. The Morgan fingerprint density at radius 3 is 2.68 bits per heavy atom. The standard InChI is InChI=1S/C23H32N6O2/c24-23(30)25-10-20-14-29(27-26-20)21-8-18-12-28(11-16-4-2-1-3-5-16)13-19(18)9-22(21)31-15-17-6-7-17/h1-5,14,17-19,21-22H,6-13,15H2,(H3,24,25,30)/t18-,19+,21-,22-/m1/s1. The number of aromatic nitrogens is 3. The van der Waals surface area contributed by atoms with Crippen LogP contribution in [0, 0.1) is 17.8 Å². The minimum absolute atomic E-state index is 0.164. The van der Waals surface area contributed by atoms with Crippen molar-refractivity contribution < 1.29 is 9.53 Å². The third-order valence-electron chi connectivity index (χ3n) is 6.99. The molecule has 2 saturated carbocycles. The average molecular weight is 425 g/mol. The summed E-state index contributed by atoms with van der Waals surface area (Å²) in [5, 5.41) is 11.2. The van der Waals surface area contributed by atoms with Crippen molar-refractivity contribution in [2.24, 2.45) is 23.5 Å². The van der Waals surface area contributed by atoms with Crippen LogP contribution < -0.4 is 11.1 Å². The number of amides is 2. The van der Waals surface area contributed by atoms with Gasteiger partial charge >= 0.3 is 6.03 Å². The first kappa shape index (κ1) is 20.5. The summed E-state index contributed by atoms with van der Waals surface area (Å²) in [6, 6.07) is 10.4. The summed E-state index contributed by atoms with van der Waals surface area (Å²) in [7, 11) is 0. The van der Waals surface area contributed by atoms with Gasteiger partial charge in [-0.15, -0.1) is 5.10 Å². The number of carbonyl (C=O) groups is 1. The van der Waals surface area contributed by atoms with Crippen LogP contribution in [0.2, 0.25) is 0 Å². The SMILES string of the molecule is NC(=O)NCc1cn([C@@H]2C[C@@H]3CN(Cc4ccccc4)C[C@@H]3C[C@H]2OCC2CC2)nn1. The monoisotopic (exact) mass is 424 g/mol. The number of benzene rings is 1. The van der Waals surface area contributed by atoms with Gasteiger partial charge in [-0.25, -0.2) is 9.48 Å². The molecule has 0 bridgehead atoms. The molecule has 166 valence electrons. The van der Waals surface area contributed by atoms with Crippen molar-refractivity contribution in [1.29, 1.82) is 0 Å². The molecule has 5 rings (SSSR count). The van der Waals surface area contributed by atoms with Crippen LogP contribution in [-0.2, 0) is 17.8 Å². The second-order valence-electron chi connectivity index (χ2n) is 9.46. The van der Waals surface area contributed by atoms with Crippen molar-refractivity contribution in [2.75, 3.05) is 19.7 Å². The Morgan fingerprint density at radius 1 is 1.16 bits per heavy atom. The number of nitrogens with zero attached hydrogens (tertiary/aromatic N) is 4. The van der Waals surface area contributed by atoms with E-state index in [4.69, 9.17) is 10.5 Å². The predicted molar refractivity (Wildman–Crippen MR) is 116 cm³/mol. The van der Waals surface area contributed by atoms with Crippen LogP contribution >= 0.6 is 0 Å². The highest BCUT2D eigenvalue weighted by atomic mass is 16.5. The average Bonchev–Trinajstić information content (AvgIpc) is 3.33. The molecule has 8 heteroatoms. The number of fused-ring (bicyclic) bond motifs is 1. The number of nitrogens with two attached hydrogens (primary N) is 1. The van der Waals surface area contributed by atoms with Gasteiger partial charge in [0.15, 0.2) is 0 Å². The maximum absolute atomic E-state index is 11.0. The Kier molecular flexibility index (Phi) is 5.91. The van der Waals surface area contributed by atoms with Crippen molar-refractivity contribution >= 4 is 6.03 Å². The molecule has 4 atom stereocenters. The number of primary amides is 1. The first-order chi connectivity index (χ1) is 15.1. The predicted octanol–water partition coefficient (Wildman–Crippen LogP) is 2.32. The molecule has 31 heavy (non-hydrogen) atoms. The van der Waals surface area contributed by atoms with Crippen LogP contribution in [0.25, 0.3) is 0 Å². The second kappa shape index (κ2) is 8.96. The van der Waals surface area contributed by atoms with Crippen molar-refractivity contribution in [1.82, 2.24) is 25.2 Å². The lowest BCUT2D eigenvalue weighted by atomic mass is 9.77. The van der Waals surface area contributed by atoms with Gasteiger partial charge in [-0.2, -0.15) is 0 Å². The van der Waals surface area contributed by atoms with E-state index in [1.807, 2.05) is 10.9 Å². The summed E-state index contributed by atoms with van der Waals surface area (Å²) in [6.07, 6.45) is 6.81. The molecule has 3 N–H and O–H groups in total. The lowest BCUT2D eigenvalue weighted by molar-refractivity contribution is -0.0375. The van der Waals surface area contributed by atoms with Gasteiger partial charge in [-0.3, -0.25) is 4.90 Å². The summed E-state index contributed by atoms with van der Waals surface area (Å²) >= 11 is 0. The van der Waals surface area contributed by atoms with Crippen LogP contribution in [0.4, 0.5) is 4.79 Å². The number of likely N-dealkylation sites (tertiary alicyclic amines) is 1. The lowest BCUT2D eigenvalue weighted by Gasteiger charge is -2.37. The normalized spacial score (nSPS) is 28.4. The van der Waals surface area contributed by atoms with Crippen molar-refractivity contribution in [3.63, 3.8) is 0 Å². The number of rotatable bonds is 8. The molecule has 2 heterocycles. The maximum atomic E-state index is 11.0. The number of urea groups is 1. The first-order valence-corrected chi connectivity index (χ1v) is 11.5. The van der Waals surface area contributed by atoms with Gasteiger partial charge in [-0.1, -0.05) is 35.5 Å². The highest BCUT2D eigenvalue weighted by molar-refractivity contribution is 5.71. The first-order valence-electron chi connectivity index (χ1n) is 11.5. The number of hydrogen-bond acceptors (Lipinski definition) is 5. The summed E-state index contributed by atoms with van der Waals surface area (Å²) < 4.78 is 8.41. The van der Waals surface area contributed by atoms with Gasteiger partial charge in [-0.05, 0) is 49.0 Å². The quantitative estimate of drug-likeness (QED) is 0.678. The Bertz CT molecular complexity index is 883. The summed E-state index contributed by atoms with van der Waals surface area (Å²) in [5.41, 5.74) is 7.28. The molecule has 2 amide bonds. The Morgan fingerprint density at radius 2 is 1.94 bits per heavy atom. The minimum Gasteiger partial charge on any atom is -0.376 e. The van der Waals surface area contributed by atoms with Crippen LogP contribution in [0.3, 0.4) is 0 Å². The smallest absolute Gasteiger partial charge is 0.312 e. The summed E-state index contributed by atoms with van der Waals surface area (Å²) in [4.78, 5) is 13.6. The van der Waals surface area contributed by atoms with E-state index >= 15 is 0 Å². The molecule has 0 unspecified atom stereocenters. The highest BCUT2D eigenvalue weighted by Gasteiger charge is 2.44. The van der Waals surface area contributed by atoms with Crippen molar-refractivity contribution in [3.05, 3.63) is 47.8 Å². The summed E-state index contributed by atoms with van der Waals surface area (Å²) in [6.45, 7) is 4.43. The highest BCUT2D eigenvalue weighted by Crippen LogP contribution is 2.43. The fraction of sp³-hybridized carbons (Fsp3) is 0.609. The number of carbonyl (C=O) groups excluding carboxylic acids is 1. The Balaban J connectivity index is 1.27. The molecule has 1 aromatic heterocycles. The molecule has 3 aliphatic rings. The number of ether oxygens (including phenoxy) is 1. The van der Waals surface area contributed by atoms with Crippen molar-refractivity contribution in [3.8, 4) is 0 Å². The Labute approximate surface area is 183 Å². The van der Waals surface area contributed by atoms with Gasteiger partial charge in [0.05, 0.1) is 24.9 Å². The molecule has 8 nitrogen and oxygen atoms in total. The van der Waals surface area contributed by atoms with E-state index in [0.717, 1.165) is 50.7 Å². The molecule has 0 radical (unpaired) electrons. The van der Waals surface area contributed by atoms with Crippen LogP contribution in [0.1, 0.15) is 43.0 Å². The van der Waals surface area contributed by atoms with Gasteiger partial charge < -0.3 is 15.8 Å².